The SMILES string of the molecule is [13CH3]N([13CH3])c1ccc(C(=O)C(Br)Br)cc1. The van der Waals surface area contributed by atoms with Gasteiger partial charge in [-0.15, -0.1) is 0 Å². The van der Waals surface area contributed by atoms with Gasteiger partial charge in [0.2, 0.25) is 0 Å². The van der Waals surface area contributed by atoms with Crippen LogP contribution < -0.4 is 4.90 Å². The summed E-state index contributed by atoms with van der Waals surface area (Å²) >= 11 is 6.36. The maximum absolute atomic E-state index is 11.5. The maximum atomic E-state index is 11.5. The van der Waals surface area contributed by atoms with Crippen LogP contribution in [0, 0.1) is 0 Å². The Morgan fingerprint density at radius 2 is 1.71 bits per heavy atom. The van der Waals surface area contributed by atoms with E-state index >= 15 is 0 Å². The van der Waals surface area contributed by atoms with Gasteiger partial charge in [0.25, 0.3) is 0 Å². The molecule has 2 nitrogen and oxygen atoms in total. The molecule has 0 aliphatic rings. The Hall–Kier alpha value is -0.350. The van der Waals surface area contributed by atoms with Crippen molar-refractivity contribution in [3.63, 3.8) is 0 Å². The zero-order valence-corrected chi connectivity index (χ0v) is 11.2. The van der Waals surface area contributed by atoms with Crippen LogP contribution in [0.15, 0.2) is 24.3 Å². The molecule has 0 aromatic heterocycles. The van der Waals surface area contributed by atoms with E-state index < -0.39 is 0 Å². The van der Waals surface area contributed by atoms with Gasteiger partial charge in [0.05, 0.1) is 0 Å². The van der Waals surface area contributed by atoms with Crippen LogP contribution >= 0.6 is 31.9 Å². The number of carbonyl (C=O) groups is 1. The van der Waals surface area contributed by atoms with Crippen molar-refractivity contribution >= 4 is 43.3 Å². The number of nitrogens with zero attached hydrogens (tertiary/aromatic N) is 1. The quantitative estimate of drug-likeness (QED) is 0.484. The van der Waals surface area contributed by atoms with Gasteiger partial charge >= 0.3 is 0 Å². The third-order valence-corrected chi connectivity index (χ3v) is 2.70. The van der Waals surface area contributed by atoms with Crippen LogP contribution in [0.3, 0.4) is 0 Å². The van der Waals surface area contributed by atoms with E-state index in [2.05, 4.69) is 31.9 Å². The second-order valence-corrected chi connectivity index (χ2v) is 6.17. The first kappa shape index (κ1) is 11.7. The first-order valence-corrected chi connectivity index (χ1v) is 5.95. The van der Waals surface area contributed by atoms with Gasteiger partial charge in [-0.25, -0.2) is 0 Å². The molecule has 0 aliphatic carbocycles. The monoisotopic (exact) mass is 321 g/mol. The van der Waals surface area contributed by atoms with E-state index in [1.54, 1.807) is 0 Å². The van der Waals surface area contributed by atoms with Gasteiger partial charge in [0.1, 0.15) is 3.74 Å². The van der Waals surface area contributed by atoms with Gasteiger partial charge in [-0.05, 0) is 24.3 Å². The molecule has 0 radical (unpaired) electrons. The van der Waals surface area contributed by atoms with E-state index in [0.29, 0.717) is 5.56 Å². The molecular weight excluding hydrogens is 312 g/mol. The Balaban J connectivity index is 2.89. The molecule has 0 bridgehead atoms. The molecule has 0 amide bonds. The molecule has 0 fully saturated rings. The Morgan fingerprint density at radius 1 is 1.21 bits per heavy atom. The lowest BCUT2D eigenvalue weighted by molar-refractivity contribution is 0.101. The van der Waals surface area contributed by atoms with Crippen LogP contribution in [0.1, 0.15) is 10.4 Å². The summed E-state index contributed by atoms with van der Waals surface area (Å²) in [5.74, 6) is 0.0373. The first-order valence-electron chi connectivity index (χ1n) is 4.12. The van der Waals surface area contributed by atoms with E-state index in [9.17, 15) is 4.79 Å². The van der Waals surface area contributed by atoms with Gasteiger partial charge in [0.15, 0.2) is 5.78 Å². The number of hydrogen-bond donors (Lipinski definition) is 0. The highest BCUT2D eigenvalue weighted by atomic mass is 79.9. The molecule has 0 aliphatic heterocycles. The Morgan fingerprint density at radius 3 is 2.07 bits per heavy atom. The van der Waals surface area contributed by atoms with Crippen molar-refractivity contribution in [1.29, 1.82) is 0 Å². The standard InChI is InChI=1S/C10H11Br2NO/c1-13(2)8-5-3-7(4-6-8)9(14)10(11)12/h3-6,10H,1-2H3/i1+1,2+1. The van der Waals surface area contributed by atoms with Crippen LogP contribution in [0.2, 0.25) is 0 Å². The second kappa shape index (κ2) is 4.94. The molecule has 1 aromatic rings. The number of halogens is 2. The molecule has 76 valence electrons. The Bertz CT molecular complexity index is 319. The van der Waals surface area contributed by atoms with Crippen molar-refractivity contribution in [3.8, 4) is 0 Å². The zero-order valence-electron chi connectivity index (χ0n) is 8.00. The maximum Gasteiger partial charge on any atom is 0.187 e. The van der Waals surface area contributed by atoms with Crippen molar-refractivity contribution < 1.29 is 4.79 Å². The lowest BCUT2D eigenvalue weighted by Gasteiger charge is -2.12. The smallest absolute Gasteiger partial charge is 0.187 e. The first-order chi connectivity index (χ1) is 6.52. The van der Waals surface area contributed by atoms with Crippen molar-refractivity contribution in [3.05, 3.63) is 29.8 Å². The number of alkyl halides is 2. The molecule has 14 heavy (non-hydrogen) atoms. The molecule has 1 rings (SSSR count). The van der Waals surface area contributed by atoms with E-state index in [0.717, 1.165) is 5.69 Å². The lowest BCUT2D eigenvalue weighted by atomic mass is 10.1. The molecule has 0 N–H and O–H groups in total. The van der Waals surface area contributed by atoms with Gasteiger partial charge in [0, 0.05) is 25.3 Å². The largest absolute Gasteiger partial charge is 0.378 e. The summed E-state index contributed by atoms with van der Waals surface area (Å²) in [5, 5.41) is 0. The number of rotatable bonds is 3. The molecule has 0 heterocycles. The summed E-state index contributed by atoms with van der Waals surface area (Å²) in [6.45, 7) is 0. The van der Waals surface area contributed by atoms with Crippen LogP contribution in [-0.2, 0) is 0 Å². The number of ketones is 1. The normalized spacial score (nSPS) is 10.4. The van der Waals surface area contributed by atoms with Crippen molar-refractivity contribution in [2.24, 2.45) is 0 Å². The van der Waals surface area contributed by atoms with E-state index in [1.807, 2.05) is 43.3 Å². The molecule has 0 spiro atoms. The molecule has 0 saturated heterocycles. The van der Waals surface area contributed by atoms with Crippen molar-refractivity contribution in [2.45, 2.75) is 3.74 Å². The minimum Gasteiger partial charge on any atom is -0.378 e. The van der Waals surface area contributed by atoms with Gasteiger partial charge < -0.3 is 4.90 Å². The van der Waals surface area contributed by atoms with Gasteiger partial charge in [-0.3, -0.25) is 4.79 Å². The summed E-state index contributed by atoms with van der Waals surface area (Å²) in [5.41, 5.74) is 1.79. The molecular formula is C10H11Br2NO. The Kier molecular flexibility index (Phi) is 4.13. The topological polar surface area (TPSA) is 20.3 Å². The van der Waals surface area contributed by atoms with Gasteiger partial charge in [-0.1, -0.05) is 31.9 Å². The molecule has 0 saturated carbocycles. The summed E-state index contributed by atoms with van der Waals surface area (Å²) in [4.78, 5) is 13.5. The van der Waals surface area contributed by atoms with Crippen LogP contribution in [0.5, 0.6) is 0 Å². The number of carbonyl (C=O) groups excluding carboxylic acids is 1. The average molecular weight is 323 g/mol. The number of benzene rings is 1. The van der Waals surface area contributed by atoms with E-state index in [-0.39, 0.29) is 9.52 Å². The lowest BCUT2D eigenvalue weighted by Crippen LogP contribution is -2.10. The Labute approximate surface area is 101 Å². The molecule has 1 aromatic carbocycles. The summed E-state index contributed by atoms with van der Waals surface area (Å²) in [6.07, 6.45) is 0. The highest BCUT2D eigenvalue weighted by Crippen LogP contribution is 2.18. The molecule has 0 atom stereocenters. The van der Waals surface area contributed by atoms with Gasteiger partial charge in [-0.2, -0.15) is 0 Å². The summed E-state index contributed by atoms with van der Waals surface area (Å²) in [7, 11) is 3.93. The fourth-order valence-electron chi connectivity index (χ4n) is 1.05. The molecule has 0 unspecified atom stereocenters. The van der Waals surface area contributed by atoms with E-state index in [1.165, 1.54) is 0 Å². The number of Topliss-reactive ketones (excluding diaryl/α,β-unsaturated/α-hetero) is 1. The third-order valence-electron chi connectivity index (χ3n) is 1.87. The second-order valence-electron chi connectivity index (χ2n) is 3.11. The predicted molar refractivity (Wildman–Crippen MR) is 66.7 cm³/mol. The highest BCUT2D eigenvalue weighted by Gasteiger charge is 2.12. The average Bonchev–Trinajstić information content (AvgIpc) is 2.16. The van der Waals surface area contributed by atoms with Crippen molar-refractivity contribution in [1.82, 2.24) is 0 Å². The fourth-order valence-corrected chi connectivity index (χ4v) is 1.58. The minimum absolute atomic E-state index is 0.0373. The van der Waals surface area contributed by atoms with Crippen molar-refractivity contribution in [2.75, 3.05) is 19.0 Å². The molecule has 4 heteroatoms. The highest BCUT2D eigenvalue weighted by molar-refractivity contribution is 9.25. The number of anilines is 1. The van der Waals surface area contributed by atoms with Crippen LogP contribution in [0.25, 0.3) is 0 Å². The van der Waals surface area contributed by atoms with E-state index in [4.69, 9.17) is 0 Å². The number of hydrogen-bond acceptors (Lipinski definition) is 2. The predicted octanol–water partition coefficient (Wildman–Crippen LogP) is 3.05. The van der Waals surface area contributed by atoms with Crippen LogP contribution in [0.4, 0.5) is 5.69 Å². The van der Waals surface area contributed by atoms with Crippen LogP contribution in [-0.4, -0.2) is 23.6 Å². The minimum atomic E-state index is -0.305. The third kappa shape index (κ3) is 2.82. The summed E-state index contributed by atoms with van der Waals surface area (Å²) < 4.78 is -0.305. The summed E-state index contributed by atoms with van der Waals surface area (Å²) in [6, 6.07) is 7.51. The zero-order chi connectivity index (χ0) is 10.7. The fraction of sp³-hybridized carbons (Fsp3) is 0.300.